The largest absolute Gasteiger partial charge is 0.491 e. The fourth-order valence-corrected chi connectivity index (χ4v) is 2.24. The van der Waals surface area contributed by atoms with Gasteiger partial charge in [0.05, 0.1) is 24.7 Å². The molecular weight excluding hydrogens is 270 g/mol. The minimum atomic E-state index is -0.0659. The lowest BCUT2D eigenvalue weighted by Gasteiger charge is -2.22. The summed E-state index contributed by atoms with van der Waals surface area (Å²) in [5, 5.41) is 7.75. The van der Waals surface area contributed by atoms with Crippen molar-refractivity contribution in [1.29, 1.82) is 0 Å². The summed E-state index contributed by atoms with van der Waals surface area (Å²) in [5.41, 5.74) is 0.918. The Morgan fingerprint density at radius 1 is 1.29 bits per heavy atom. The molecule has 1 aromatic carbocycles. The number of benzene rings is 1. The van der Waals surface area contributed by atoms with Crippen LogP contribution in [0.2, 0.25) is 0 Å². The second-order valence-electron chi connectivity index (χ2n) is 4.86. The van der Waals surface area contributed by atoms with Gasteiger partial charge in [-0.3, -0.25) is 0 Å². The van der Waals surface area contributed by atoms with Gasteiger partial charge in [-0.15, -0.1) is 5.10 Å². The third kappa shape index (κ3) is 4.03. The van der Waals surface area contributed by atoms with E-state index in [0.717, 1.165) is 30.9 Å². The van der Waals surface area contributed by atoms with Crippen molar-refractivity contribution in [1.82, 2.24) is 15.0 Å². The Morgan fingerprint density at radius 3 is 3.10 bits per heavy atom. The van der Waals surface area contributed by atoms with Gasteiger partial charge in [0.1, 0.15) is 12.4 Å². The lowest BCUT2D eigenvalue weighted by molar-refractivity contribution is -0.165. The smallest absolute Gasteiger partial charge is 0.157 e. The van der Waals surface area contributed by atoms with Crippen molar-refractivity contribution in [2.24, 2.45) is 0 Å². The molecule has 1 aliphatic rings. The average molecular weight is 289 g/mol. The number of ether oxygens (including phenoxy) is 3. The lowest BCUT2D eigenvalue weighted by Crippen LogP contribution is -2.24. The maximum Gasteiger partial charge on any atom is 0.157 e. The van der Waals surface area contributed by atoms with E-state index in [2.05, 4.69) is 10.3 Å². The maximum absolute atomic E-state index is 5.69. The molecular formula is C15H19N3O3. The first kappa shape index (κ1) is 14.0. The van der Waals surface area contributed by atoms with E-state index in [-0.39, 0.29) is 6.29 Å². The Bertz CT molecular complexity index is 539. The molecule has 0 amide bonds. The van der Waals surface area contributed by atoms with E-state index in [1.807, 2.05) is 24.3 Å². The van der Waals surface area contributed by atoms with Gasteiger partial charge in [0.2, 0.25) is 0 Å². The summed E-state index contributed by atoms with van der Waals surface area (Å²) in [6.07, 6.45) is 6.65. The summed E-state index contributed by atoms with van der Waals surface area (Å²) in [6, 6.07) is 7.72. The monoisotopic (exact) mass is 289 g/mol. The predicted molar refractivity (Wildman–Crippen MR) is 76.4 cm³/mol. The SMILES string of the molecule is c1cc(OCCO[C@H]2CCCCO2)cc(-n2ccnn2)c1. The van der Waals surface area contributed by atoms with Crippen molar-refractivity contribution in [3.8, 4) is 11.4 Å². The van der Waals surface area contributed by atoms with Gasteiger partial charge in [-0.25, -0.2) is 4.68 Å². The lowest BCUT2D eigenvalue weighted by atomic mass is 10.2. The van der Waals surface area contributed by atoms with Crippen molar-refractivity contribution in [2.45, 2.75) is 25.6 Å². The zero-order valence-corrected chi connectivity index (χ0v) is 11.9. The van der Waals surface area contributed by atoms with Crippen LogP contribution in [0.25, 0.3) is 5.69 Å². The maximum atomic E-state index is 5.69. The van der Waals surface area contributed by atoms with Crippen LogP contribution in [0.3, 0.4) is 0 Å². The van der Waals surface area contributed by atoms with Crippen LogP contribution in [0.5, 0.6) is 5.75 Å². The molecule has 0 spiro atoms. The van der Waals surface area contributed by atoms with Crippen LogP contribution in [0.4, 0.5) is 0 Å². The number of nitrogens with zero attached hydrogens (tertiary/aromatic N) is 3. The fourth-order valence-electron chi connectivity index (χ4n) is 2.24. The highest BCUT2D eigenvalue weighted by Crippen LogP contribution is 2.16. The molecule has 6 heteroatoms. The molecule has 2 heterocycles. The van der Waals surface area contributed by atoms with Gasteiger partial charge in [0, 0.05) is 12.7 Å². The zero-order chi connectivity index (χ0) is 14.3. The van der Waals surface area contributed by atoms with Crippen molar-refractivity contribution in [3.05, 3.63) is 36.7 Å². The third-order valence-electron chi connectivity index (χ3n) is 3.30. The van der Waals surface area contributed by atoms with Crippen LogP contribution in [0.15, 0.2) is 36.7 Å². The summed E-state index contributed by atoms with van der Waals surface area (Å²) < 4.78 is 18.5. The minimum Gasteiger partial charge on any atom is -0.491 e. The number of hydrogen-bond donors (Lipinski definition) is 0. The van der Waals surface area contributed by atoms with Gasteiger partial charge in [-0.05, 0) is 31.4 Å². The standard InChI is InChI=1S/C15H19N3O3/c1-2-9-20-15(6-1)21-11-10-19-14-5-3-4-13(12-14)18-8-7-16-17-18/h3-5,7-8,12,15H,1-2,6,9-11H2/t15-/m0/s1. The summed E-state index contributed by atoms with van der Waals surface area (Å²) in [4.78, 5) is 0. The highest BCUT2D eigenvalue weighted by molar-refractivity contribution is 5.38. The molecule has 112 valence electrons. The van der Waals surface area contributed by atoms with Crippen LogP contribution in [-0.2, 0) is 9.47 Å². The second-order valence-corrected chi connectivity index (χ2v) is 4.86. The molecule has 1 atom stereocenters. The first-order chi connectivity index (χ1) is 10.4. The van der Waals surface area contributed by atoms with Crippen LogP contribution >= 0.6 is 0 Å². The Morgan fingerprint density at radius 2 is 2.29 bits per heavy atom. The first-order valence-corrected chi connectivity index (χ1v) is 7.24. The third-order valence-corrected chi connectivity index (χ3v) is 3.30. The number of rotatable bonds is 6. The molecule has 1 aromatic heterocycles. The van der Waals surface area contributed by atoms with Gasteiger partial charge in [0.25, 0.3) is 0 Å². The molecule has 21 heavy (non-hydrogen) atoms. The number of hydrogen-bond acceptors (Lipinski definition) is 5. The predicted octanol–water partition coefficient (Wildman–Crippen LogP) is 2.19. The Hall–Kier alpha value is -1.92. The molecule has 3 rings (SSSR count). The Balaban J connectivity index is 1.46. The summed E-state index contributed by atoms with van der Waals surface area (Å²) >= 11 is 0. The molecule has 0 unspecified atom stereocenters. The van der Waals surface area contributed by atoms with Crippen molar-refractivity contribution >= 4 is 0 Å². The van der Waals surface area contributed by atoms with E-state index in [9.17, 15) is 0 Å². The normalized spacial score (nSPS) is 18.6. The first-order valence-electron chi connectivity index (χ1n) is 7.24. The van der Waals surface area contributed by atoms with Crippen molar-refractivity contribution in [3.63, 3.8) is 0 Å². The molecule has 6 nitrogen and oxygen atoms in total. The molecule has 0 radical (unpaired) electrons. The highest BCUT2D eigenvalue weighted by atomic mass is 16.7. The zero-order valence-electron chi connectivity index (χ0n) is 11.9. The molecule has 0 N–H and O–H groups in total. The summed E-state index contributed by atoms with van der Waals surface area (Å²) in [7, 11) is 0. The Kier molecular flexibility index (Phi) is 4.81. The molecule has 0 saturated carbocycles. The van der Waals surface area contributed by atoms with Crippen LogP contribution in [0, 0.1) is 0 Å². The van der Waals surface area contributed by atoms with Gasteiger partial charge in [-0.1, -0.05) is 11.3 Å². The van der Waals surface area contributed by atoms with Crippen LogP contribution in [-0.4, -0.2) is 41.1 Å². The average Bonchev–Trinajstić information content (AvgIpc) is 3.07. The molecule has 0 bridgehead atoms. The van der Waals surface area contributed by atoms with E-state index in [1.165, 1.54) is 6.42 Å². The summed E-state index contributed by atoms with van der Waals surface area (Å²) in [6.45, 7) is 1.82. The topological polar surface area (TPSA) is 58.4 Å². The molecule has 0 aliphatic carbocycles. The van der Waals surface area contributed by atoms with Crippen molar-refractivity contribution < 1.29 is 14.2 Å². The van der Waals surface area contributed by atoms with Gasteiger partial charge >= 0.3 is 0 Å². The van der Waals surface area contributed by atoms with E-state index in [1.54, 1.807) is 17.1 Å². The van der Waals surface area contributed by atoms with E-state index >= 15 is 0 Å². The molecule has 2 aromatic rings. The number of aromatic nitrogens is 3. The Labute approximate surface area is 123 Å². The second kappa shape index (κ2) is 7.19. The fraction of sp³-hybridized carbons (Fsp3) is 0.467. The molecule has 1 fully saturated rings. The van der Waals surface area contributed by atoms with Crippen LogP contribution < -0.4 is 4.74 Å². The van der Waals surface area contributed by atoms with Crippen LogP contribution in [0.1, 0.15) is 19.3 Å². The molecule has 1 aliphatic heterocycles. The van der Waals surface area contributed by atoms with Gasteiger partial charge in [-0.2, -0.15) is 0 Å². The van der Waals surface area contributed by atoms with E-state index in [4.69, 9.17) is 14.2 Å². The highest BCUT2D eigenvalue weighted by Gasteiger charge is 2.13. The van der Waals surface area contributed by atoms with Gasteiger partial charge < -0.3 is 14.2 Å². The summed E-state index contributed by atoms with van der Waals surface area (Å²) in [5.74, 6) is 0.788. The van der Waals surface area contributed by atoms with Gasteiger partial charge in [0.15, 0.2) is 6.29 Å². The quantitative estimate of drug-likeness (QED) is 0.763. The van der Waals surface area contributed by atoms with E-state index in [0.29, 0.717) is 13.2 Å². The minimum absolute atomic E-state index is 0.0659. The van der Waals surface area contributed by atoms with Crippen molar-refractivity contribution in [2.75, 3.05) is 19.8 Å². The molecule has 1 saturated heterocycles. The van der Waals surface area contributed by atoms with E-state index < -0.39 is 0 Å².